The highest BCUT2D eigenvalue weighted by molar-refractivity contribution is 7.18. The van der Waals surface area contributed by atoms with Crippen molar-refractivity contribution in [2.24, 2.45) is 0 Å². The lowest BCUT2D eigenvalue weighted by molar-refractivity contribution is 0.285. The largest absolute Gasteiger partial charge is 0.493 e. The molecule has 0 fully saturated rings. The molecule has 5 aromatic rings. The van der Waals surface area contributed by atoms with E-state index < -0.39 is 0 Å². The van der Waals surface area contributed by atoms with Crippen LogP contribution in [0.4, 0.5) is 11.5 Å². The molecule has 0 bridgehead atoms. The molecular formula is C23H16Cl2N4O2S. The number of hydrogen-bond donors (Lipinski definition) is 1. The highest BCUT2D eigenvalue weighted by atomic mass is 35.5. The number of ether oxygens (including phenoxy) is 2. The minimum atomic E-state index is 0.320. The Kier molecular flexibility index (Phi) is 5.70. The highest BCUT2D eigenvalue weighted by Gasteiger charge is 2.14. The van der Waals surface area contributed by atoms with Crippen molar-refractivity contribution in [1.29, 1.82) is 0 Å². The van der Waals surface area contributed by atoms with Gasteiger partial charge in [-0.05, 0) is 36.4 Å². The van der Waals surface area contributed by atoms with Crippen LogP contribution < -0.4 is 14.8 Å². The van der Waals surface area contributed by atoms with E-state index in [1.807, 2.05) is 36.4 Å². The van der Waals surface area contributed by atoms with E-state index in [9.17, 15) is 0 Å². The third kappa shape index (κ3) is 4.14. The van der Waals surface area contributed by atoms with Crippen molar-refractivity contribution >= 4 is 67.2 Å². The fraction of sp³-hybridized carbons (Fsp3) is 0.0870. The van der Waals surface area contributed by atoms with Crippen LogP contribution in [0.2, 0.25) is 10.0 Å². The van der Waals surface area contributed by atoms with Crippen molar-refractivity contribution in [1.82, 2.24) is 15.0 Å². The normalized spacial score (nSPS) is 11.1. The number of aromatic nitrogens is 3. The first kappa shape index (κ1) is 20.8. The summed E-state index contributed by atoms with van der Waals surface area (Å²) in [6.45, 7) is 0.320. The fourth-order valence-electron chi connectivity index (χ4n) is 3.28. The Labute approximate surface area is 197 Å². The van der Waals surface area contributed by atoms with Gasteiger partial charge < -0.3 is 14.8 Å². The maximum absolute atomic E-state index is 6.32. The molecule has 0 spiro atoms. The maximum Gasteiger partial charge on any atom is 0.162 e. The molecule has 0 aliphatic heterocycles. The van der Waals surface area contributed by atoms with Crippen molar-refractivity contribution in [3.05, 3.63) is 76.0 Å². The van der Waals surface area contributed by atoms with Gasteiger partial charge in [-0.3, -0.25) is 0 Å². The number of para-hydroxylation sites is 1. The number of anilines is 2. The summed E-state index contributed by atoms with van der Waals surface area (Å²) in [5.74, 6) is 1.74. The third-order valence-corrected chi connectivity index (χ3v) is 6.35. The van der Waals surface area contributed by atoms with E-state index >= 15 is 0 Å². The number of thiazole rings is 1. The predicted octanol–water partition coefficient (Wildman–Crippen LogP) is 6.88. The van der Waals surface area contributed by atoms with Gasteiger partial charge in [-0.2, -0.15) is 0 Å². The Balaban J connectivity index is 1.48. The monoisotopic (exact) mass is 482 g/mol. The molecule has 0 aliphatic carbocycles. The van der Waals surface area contributed by atoms with Crippen LogP contribution in [0.1, 0.15) is 5.01 Å². The molecule has 2 aromatic heterocycles. The van der Waals surface area contributed by atoms with E-state index in [1.165, 1.54) is 6.33 Å². The average Bonchev–Trinajstić information content (AvgIpc) is 3.22. The lowest BCUT2D eigenvalue weighted by Crippen LogP contribution is -2.00. The van der Waals surface area contributed by atoms with Crippen LogP contribution in [0.15, 0.2) is 60.9 Å². The van der Waals surface area contributed by atoms with E-state index in [4.69, 9.17) is 32.7 Å². The maximum atomic E-state index is 6.32. The molecule has 32 heavy (non-hydrogen) atoms. The average molecular weight is 483 g/mol. The van der Waals surface area contributed by atoms with Crippen LogP contribution in [0.3, 0.4) is 0 Å². The summed E-state index contributed by atoms with van der Waals surface area (Å²) >= 11 is 13.9. The van der Waals surface area contributed by atoms with E-state index in [0.717, 1.165) is 20.6 Å². The Morgan fingerprint density at radius 3 is 2.66 bits per heavy atom. The van der Waals surface area contributed by atoms with Gasteiger partial charge in [0.15, 0.2) is 11.5 Å². The molecule has 6 nitrogen and oxygen atoms in total. The van der Waals surface area contributed by atoms with Gasteiger partial charge in [0, 0.05) is 16.5 Å². The Hall–Kier alpha value is -3.13. The molecule has 0 aliphatic rings. The van der Waals surface area contributed by atoms with Crippen LogP contribution in [-0.2, 0) is 6.61 Å². The number of benzene rings is 3. The quantitative estimate of drug-likeness (QED) is 0.284. The van der Waals surface area contributed by atoms with E-state index in [-0.39, 0.29) is 0 Å². The van der Waals surface area contributed by atoms with Gasteiger partial charge in [-0.15, -0.1) is 11.3 Å². The number of nitrogens with one attached hydrogen (secondary N) is 1. The smallest absolute Gasteiger partial charge is 0.162 e. The number of rotatable bonds is 6. The van der Waals surface area contributed by atoms with Crippen LogP contribution in [-0.4, -0.2) is 22.1 Å². The second kappa shape index (κ2) is 8.78. The molecule has 5 rings (SSSR count). The highest BCUT2D eigenvalue weighted by Crippen LogP contribution is 2.36. The van der Waals surface area contributed by atoms with Crippen molar-refractivity contribution in [3.8, 4) is 11.5 Å². The van der Waals surface area contributed by atoms with Gasteiger partial charge in [0.05, 0.1) is 33.6 Å². The lowest BCUT2D eigenvalue weighted by atomic mass is 10.2. The lowest BCUT2D eigenvalue weighted by Gasteiger charge is -2.14. The third-order valence-electron chi connectivity index (χ3n) is 4.79. The van der Waals surface area contributed by atoms with E-state index in [1.54, 1.807) is 36.6 Å². The van der Waals surface area contributed by atoms with Crippen LogP contribution in [0.25, 0.3) is 21.1 Å². The minimum Gasteiger partial charge on any atom is -0.493 e. The predicted molar refractivity (Wildman–Crippen MR) is 130 cm³/mol. The summed E-state index contributed by atoms with van der Waals surface area (Å²) in [5.41, 5.74) is 2.35. The zero-order chi connectivity index (χ0) is 22.1. The standard InChI is InChI=1S/C23H16Cl2N4O2S/c1-30-19-10-18-14(23(27-12-26-18)29-16-7-6-13(24)8-15(16)25)9-20(19)31-11-22-28-17-4-2-3-5-21(17)32-22/h2-10,12H,11H2,1H3,(H,26,27,29). The van der Waals surface area contributed by atoms with Gasteiger partial charge in [0.25, 0.3) is 0 Å². The Morgan fingerprint density at radius 1 is 0.969 bits per heavy atom. The molecule has 0 radical (unpaired) electrons. The minimum absolute atomic E-state index is 0.320. The summed E-state index contributed by atoms with van der Waals surface area (Å²) in [4.78, 5) is 13.4. The van der Waals surface area contributed by atoms with E-state index in [0.29, 0.717) is 45.2 Å². The Morgan fingerprint density at radius 2 is 1.84 bits per heavy atom. The zero-order valence-corrected chi connectivity index (χ0v) is 19.1. The summed E-state index contributed by atoms with van der Waals surface area (Å²) in [6.07, 6.45) is 1.48. The number of halogens is 2. The second-order valence-corrected chi connectivity index (χ2v) is 8.81. The summed E-state index contributed by atoms with van der Waals surface area (Å²) in [7, 11) is 1.60. The second-order valence-electron chi connectivity index (χ2n) is 6.86. The molecule has 3 aromatic carbocycles. The van der Waals surface area contributed by atoms with Gasteiger partial charge in [-0.25, -0.2) is 15.0 Å². The van der Waals surface area contributed by atoms with Crippen LogP contribution in [0.5, 0.6) is 11.5 Å². The summed E-state index contributed by atoms with van der Waals surface area (Å²) in [6, 6.07) is 16.9. The van der Waals surface area contributed by atoms with Gasteiger partial charge in [0.2, 0.25) is 0 Å². The zero-order valence-electron chi connectivity index (χ0n) is 16.8. The molecule has 160 valence electrons. The molecule has 0 atom stereocenters. The molecule has 0 amide bonds. The van der Waals surface area contributed by atoms with Crippen molar-refractivity contribution < 1.29 is 9.47 Å². The molecule has 9 heteroatoms. The molecule has 2 heterocycles. The first-order valence-corrected chi connectivity index (χ1v) is 11.2. The number of methoxy groups -OCH3 is 1. The van der Waals surface area contributed by atoms with Gasteiger partial charge in [0.1, 0.15) is 23.8 Å². The van der Waals surface area contributed by atoms with Crippen LogP contribution >= 0.6 is 34.5 Å². The van der Waals surface area contributed by atoms with Crippen molar-refractivity contribution in [2.45, 2.75) is 6.61 Å². The van der Waals surface area contributed by atoms with Gasteiger partial charge >= 0.3 is 0 Å². The fourth-order valence-corrected chi connectivity index (χ4v) is 4.61. The SMILES string of the molecule is COc1cc2ncnc(Nc3ccc(Cl)cc3Cl)c2cc1OCc1nc2ccccc2s1. The van der Waals surface area contributed by atoms with Crippen LogP contribution in [0, 0.1) is 0 Å². The first-order chi connectivity index (χ1) is 15.6. The van der Waals surface area contributed by atoms with Crippen molar-refractivity contribution in [2.75, 3.05) is 12.4 Å². The molecule has 0 unspecified atom stereocenters. The molecule has 0 saturated heterocycles. The Bertz CT molecular complexity index is 1410. The van der Waals surface area contributed by atoms with Gasteiger partial charge in [-0.1, -0.05) is 35.3 Å². The first-order valence-electron chi connectivity index (χ1n) is 9.63. The van der Waals surface area contributed by atoms with E-state index in [2.05, 4.69) is 20.3 Å². The number of nitrogens with zero attached hydrogens (tertiary/aromatic N) is 3. The molecular weight excluding hydrogens is 467 g/mol. The summed E-state index contributed by atoms with van der Waals surface area (Å²) < 4.78 is 12.7. The van der Waals surface area contributed by atoms with Crippen molar-refractivity contribution in [3.63, 3.8) is 0 Å². The number of hydrogen-bond acceptors (Lipinski definition) is 7. The molecule has 0 saturated carbocycles. The molecule has 1 N–H and O–H groups in total. The topological polar surface area (TPSA) is 69.2 Å². The number of fused-ring (bicyclic) bond motifs is 2. The summed E-state index contributed by atoms with van der Waals surface area (Å²) in [5, 5.41) is 5.94.